The third-order valence-corrected chi connectivity index (χ3v) is 1.90. The van der Waals surface area contributed by atoms with Gasteiger partial charge >= 0.3 is 0 Å². The Hall–Kier alpha value is -0.0900. The maximum absolute atomic E-state index is 11.2. The second-order valence-electron chi connectivity index (χ2n) is 2.59. The summed E-state index contributed by atoms with van der Waals surface area (Å²) in [6.45, 7) is 6.55. The predicted octanol–water partition coefficient (Wildman–Crippen LogP) is 0.404. The van der Waals surface area contributed by atoms with Crippen LogP contribution in [0.2, 0.25) is 0 Å². The van der Waals surface area contributed by atoms with Crippen LogP contribution in [-0.4, -0.2) is 36.5 Å². The van der Waals surface area contributed by atoms with Gasteiger partial charge in [-0.1, -0.05) is 0 Å². The van der Waals surface area contributed by atoms with E-state index in [0.29, 0.717) is 0 Å². The Kier molecular flexibility index (Phi) is 4.68. The summed E-state index contributed by atoms with van der Waals surface area (Å²) in [7, 11) is 0. The van der Waals surface area contributed by atoms with Crippen molar-refractivity contribution in [2.75, 3.05) is 19.6 Å². The summed E-state index contributed by atoms with van der Waals surface area (Å²) < 4.78 is 0. The molecular weight excluding hydrogens is 208 g/mol. The van der Waals surface area contributed by atoms with E-state index in [2.05, 4.69) is 5.32 Å². The molecule has 66 valence electrons. The molecule has 0 radical (unpaired) electrons. The summed E-state index contributed by atoms with van der Waals surface area (Å²) in [6.07, 6.45) is 0. The Labute approximate surface area is 77.9 Å². The van der Waals surface area contributed by atoms with E-state index in [-0.39, 0.29) is 28.9 Å². The fourth-order valence-electron chi connectivity index (χ4n) is 1.20. The first-order chi connectivity index (χ1) is 4.75. The molecule has 0 aromatic carbocycles. The van der Waals surface area contributed by atoms with E-state index in [1.165, 1.54) is 0 Å². The van der Waals surface area contributed by atoms with Crippen molar-refractivity contribution in [2.45, 2.75) is 19.9 Å². The second kappa shape index (κ2) is 4.72. The molecule has 3 nitrogen and oxygen atoms in total. The van der Waals surface area contributed by atoms with Gasteiger partial charge in [0.05, 0.1) is 6.04 Å². The van der Waals surface area contributed by atoms with E-state index in [1.807, 2.05) is 18.7 Å². The minimum atomic E-state index is 0. The van der Waals surface area contributed by atoms with Crippen LogP contribution >= 0.6 is 17.0 Å². The van der Waals surface area contributed by atoms with Gasteiger partial charge in [-0.3, -0.25) is 4.79 Å². The number of carbonyl (C=O) groups is 1. The smallest absolute Gasteiger partial charge is 0.239 e. The van der Waals surface area contributed by atoms with Gasteiger partial charge in [-0.05, 0) is 13.8 Å². The highest BCUT2D eigenvalue weighted by molar-refractivity contribution is 8.93. The van der Waals surface area contributed by atoms with E-state index in [1.54, 1.807) is 0 Å². The summed E-state index contributed by atoms with van der Waals surface area (Å²) in [5.74, 6) is 0.230. The van der Waals surface area contributed by atoms with Gasteiger partial charge in [0.15, 0.2) is 0 Å². The van der Waals surface area contributed by atoms with Gasteiger partial charge in [0.25, 0.3) is 0 Å². The molecule has 0 aromatic heterocycles. The molecule has 1 aliphatic heterocycles. The zero-order valence-corrected chi connectivity index (χ0v) is 8.68. The van der Waals surface area contributed by atoms with Crippen molar-refractivity contribution in [3.8, 4) is 0 Å². The van der Waals surface area contributed by atoms with Crippen LogP contribution < -0.4 is 5.32 Å². The van der Waals surface area contributed by atoms with Crippen molar-refractivity contribution in [1.82, 2.24) is 10.2 Å². The highest BCUT2D eigenvalue weighted by Crippen LogP contribution is 1.98. The summed E-state index contributed by atoms with van der Waals surface area (Å²) in [4.78, 5) is 13.1. The van der Waals surface area contributed by atoms with Gasteiger partial charge in [-0.2, -0.15) is 0 Å². The first kappa shape index (κ1) is 10.9. The molecule has 1 unspecified atom stereocenters. The fraction of sp³-hybridized carbons (Fsp3) is 0.857. The number of piperazine rings is 1. The standard InChI is InChI=1S/C7H14N2O.BrH/c1-3-9-5-4-8-6(2)7(9)10;/h6,8H,3-5H2,1-2H3;1H. The molecule has 0 aromatic rings. The molecule has 1 rings (SSSR count). The van der Waals surface area contributed by atoms with Crippen molar-refractivity contribution >= 4 is 22.9 Å². The van der Waals surface area contributed by atoms with Crippen LogP contribution in [0.1, 0.15) is 13.8 Å². The lowest BCUT2D eigenvalue weighted by Gasteiger charge is -2.30. The molecule has 1 N–H and O–H groups in total. The molecule has 0 bridgehead atoms. The van der Waals surface area contributed by atoms with E-state index >= 15 is 0 Å². The minimum Gasteiger partial charge on any atom is -0.340 e. The number of hydrogen-bond donors (Lipinski definition) is 1. The number of rotatable bonds is 1. The maximum Gasteiger partial charge on any atom is 0.239 e. The van der Waals surface area contributed by atoms with Gasteiger partial charge in [0.2, 0.25) is 5.91 Å². The SMILES string of the molecule is Br.CCN1CCNC(C)C1=O. The van der Waals surface area contributed by atoms with Gasteiger partial charge < -0.3 is 10.2 Å². The Morgan fingerprint density at radius 3 is 2.82 bits per heavy atom. The quantitative estimate of drug-likeness (QED) is 0.698. The van der Waals surface area contributed by atoms with Crippen LogP contribution in [0.25, 0.3) is 0 Å². The first-order valence-electron chi connectivity index (χ1n) is 3.78. The summed E-state index contributed by atoms with van der Waals surface area (Å²) in [5.41, 5.74) is 0. The zero-order valence-electron chi connectivity index (χ0n) is 6.96. The van der Waals surface area contributed by atoms with Crippen LogP contribution in [-0.2, 0) is 4.79 Å². The van der Waals surface area contributed by atoms with E-state index in [9.17, 15) is 4.79 Å². The molecule has 4 heteroatoms. The fourth-order valence-corrected chi connectivity index (χ4v) is 1.20. The molecule has 1 saturated heterocycles. The average molecular weight is 223 g/mol. The number of carbonyl (C=O) groups excluding carboxylic acids is 1. The first-order valence-corrected chi connectivity index (χ1v) is 3.78. The van der Waals surface area contributed by atoms with Gasteiger partial charge in [0.1, 0.15) is 0 Å². The normalized spacial score (nSPS) is 24.7. The monoisotopic (exact) mass is 222 g/mol. The van der Waals surface area contributed by atoms with Crippen molar-refractivity contribution in [2.24, 2.45) is 0 Å². The largest absolute Gasteiger partial charge is 0.340 e. The van der Waals surface area contributed by atoms with Crippen LogP contribution in [0.4, 0.5) is 0 Å². The third kappa shape index (κ3) is 2.45. The topological polar surface area (TPSA) is 32.3 Å². The van der Waals surface area contributed by atoms with Crippen LogP contribution in [0.3, 0.4) is 0 Å². The molecule has 1 atom stereocenters. The molecule has 1 fully saturated rings. The number of nitrogens with one attached hydrogen (secondary N) is 1. The third-order valence-electron chi connectivity index (χ3n) is 1.90. The summed E-state index contributed by atoms with van der Waals surface area (Å²) >= 11 is 0. The van der Waals surface area contributed by atoms with Crippen LogP contribution in [0.15, 0.2) is 0 Å². The lowest BCUT2D eigenvalue weighted by Crippen LogP contribution is -2.53. The lowest BCUT2D eigenvalue weighted by atomic mass is 10.2. The van der Waals surface area contributed by atoms with Crippen LogP contribution in [0.5, 0.6) is 0 Å². The lowest BCUT2D eigenvalue weighted by molar-refractivity contribution is -0.134. The summed E-state index contributed by atoms with van der Waals surface area (Å²) in [6, 6.07) is 0.0219. The van der Waals surface area contributed by atoms with Gasteiger partial charge in [0, 0.05) is 19.6 Å². The van der Waals surface area contributed by atoms with Crippen molar-refractivity contribution in [3.63, 3.8) is 0 Å². The number of nitrogens with zero attached hydrogens (tertiary/aromatic N) is 1. The Morgan fingerprint density at radius 2 is 2.36 bits per heavy atom. The molecule has 0 aliphatic carbocycles. The molecule has 1 aliphatic rings. The van der Waals surface area contributed by atoms with E-state index in [4.69, 9.17) is 0 Å². The zero-order chi connectivity index (χ0) is 7.56. The average Bonchev–Trinajstić information content (AvgIpc) is 1.95. The van der Waals surface area contributed by atoms with Gasteiger partial charge in [-0.25, -0.2) is 0 Å². The van der Waals surface area contributed by atoms with E-state index < -0.39 is 0 Å². The maximum atomic E-state index is 11.2. The highest BCUT2D eigenvalue weighted by Gasteiger charge is 2.22. The number of halogens is 1. The highest BCUT2D eigenvalue weighted by atomic mass is 79.9. The number of likely N-dealkylation sites (N-methyl/N-ethyl adjacent to an activating group) is 1. The predicted molar refractivity (Wildman–Crippen MR) is 50.0 cm³/mol. The molecule has 0 saturated carbocycles. The van der Waals surface area contributed by atoms with Gasteiger partial charge in [-0.15, -0.1) is 17.0 Å². The van der Waals surface area contributed by atoms with Crippen LogP contribution in [0, 0.1) is 0 Å². The number of hydrogen-bond acceptors (Lipinski definition) is 2. The molecule has 1 heterocycles. The van der Waals surface area contributed by atoms with E-state index in [0.717, 1.165) is 19.6 Å². The molecular formula is C7H15BrN2O. The van der Waals surface area contributed by atoms with Crippen molar-refractivity contribution in [1.29, 1.82) is 0 Å². The number of amides is 1. The Morgan fingerprint density at radius 1 is 1.73 bits per heavy atom. The Bertz CT molecular complexity index is 140. The molecule has 0 spiro atoms. The molecule has 11 heavy (non-hydrogen) atoms. The minimum absolute atomic E-state index is 0. The van der Waals surface area contributed by atoms with Crippen molar-refractivity contribution in [3.05, 3.63) is 0 Å². The van der Waals surface area contributed by atoms with Crippen molar-refractivity contribution < 1.29 is 4.79 Å². The summed E-state index contributed by atoms with van der Waals surface area (Å²) in [5, 5.41) is 3.10. The Balaban J connectivity index is 0.000001000. The second-order valence-corrected chi connectivity index (χ2v) is 2.59. The molecule has 1 amide bonds.